The lowest BCUT2D eigenvalue weighted by molar-refractivity contribution is -0.123. The van der Waals surface area contributed by atoms with Gasteiger partial charge in [-0.2, -0.15) is 0 Å². The Hall–Kier alpha value is -3.01. The van der Waals surface area contributed by atoms with Gasteiger partial charge in [0.1, 0.15) is 0 Å². The van der Waals surface area contributed by atoms with Gasteiger partial charge in [0.05, 0.1) is 15.7 Å². The molecule has 1 N–H and O–H groups in total. The van der Waals surface area contributed by atoms with Gasteiger partial charge in [-0.15, -0.1) is 0 Å². The summed E-state index contributed by atoms with van der Waals surface area (Å²) in [6.07, 6.45) is 5.68. The lowest BCUT2D eigenvalue weighted by Gasteiger charge is -2.34. The minimum absolute atomic E-state index is 0.0141. The third-order valence-corrected chi connectivity index (χ3v) is 10.3. The molecule has 7 nitrogen and oxygen atoms in total. The highest BCUT2D eigenvalue weighted by atomic mass is 32.2. The molecule has 3 aromatic rings. The largest absolute Gasteiger partial charge is 0.353 e. The molecule has 1 saturated heterocycles. The summed E-state index contributed by atoms with van der Waals surface area (Å²) in [4.78, 5) is 16.2. The minimum Gasteiger partial charge on any atom is -0.353 e. The third-order valence-electron chi connectivity index (χ3n) is 8.02. The van der Waals surface area contributed by atoms with Crippen molar-refractivity contribution in [3.63, 3.8) is 0 Å². The Bertz CT molecular complexity index is 1510. The average Bonchev–Trinajstić information content (AvgIpc) is 2.95. The topological polar surface area (TPSA) is 101 Å². The highest BCUT2D eigenvalue weighted by molar-refractivity contribution is 7.91. The van der Waals surface area contributed by atoms with E-state index in [0.29, 0.717) is 11.3 Å². The predicted molar refractivity (Wildman–Crippen MR) is 163 cm³/mol. The summed E-state index contributed by atoms with van der Waals surface area (Å²) in [5, 5.41) is 3.23. The zero-order chi connectivity index (χ0) is 29.6. The van der Waals surface area contributed by atoms with Crippen LogP contribution in [0.3, 0.4) is 0 Å². The quantitative estimate of drug-likeness (QED) is 0.342. The van der Waals surface area contributed by atoms with Gasteiger partial charge >= 0.3 is 0 Å². The van der Waals surface area contributed by atoms with Crippen molar-refractivity contribution < 1.29 is 21.6 Å². The number of piperidine rings is 1. The smallest absolute Gasteiger partial charge is 0.227 e. The van der Waals surface area contributed by atoms with Crippen LogP contribution < -0.4 is 5.32 Å². The molecule has 0 bridgehead atoms. The fourth-order valence-corrected chi connectivity index (χ4v) is 6.85. The molecule has 1 heterocycles. The molecule has 0 aliphatic carbocycles. The molecule has 3 aromatic carbocycles. The highest BCUT2D eigenvalue weighted by Crippen LogP contribution is 2.30. The van der Waals surface area contributed by atoms with Crippen LogP contribution in [-0.4, -0.2) is 65.8 Å². The van der Waals surface area contributed by atoms with Gasteiger partial charge in [-0.05, 0) is 73.2 Å². The SMILES string of the molecule is CCC(C(=O)NC1CCN(CCC(c2ccccc2)c2ccc(S(C)(=O)=O)cc2)CC1)c1ccc(S(C)(=O)=O)cc1. The Kier molecular flexibility index (Phi) is 10.0. The molecule has 220 valence electrons. The van der Waals surface area contributed by atoms with Gasteiger partial charge in [-0.1, -0.05) is 61.5 Å². The van der Waals surface area contributed by atoms with Gasteiger partial charge in [0, 0.05) is 37.6 Å². The van der Waals surface area contributed by atoms with E-state index in [9.17, 15) is 21.6 Å². The molecule has 9 heteroatoms. The monoisotopic (exact) mass is 596 g/mol. The lowest BCUT2D eigenvalue weighted by atomic mass is 9.88. The second kappa shape index (κ2) is 13.3. The molecule has 0 saturated carbocycles. The number of hydrogen-bond acceptors (Lipinski definition) is 6. The second-order valence-corrected chi connectivity index (χ2v) is 15.1. The predicted octanol–water partition coefficient (Wildman–Crippen LogP) is 4.79. The van der Waals surface area contributed by atoms with E-state index in [1.165, 1.54) is 18.1 Å². The van der Waals surface area contributed by atoms with E-state index in [1.807, 2.05) is 37.3 Å². The van der Waals surface area contributed by atoms with Crippen LogP contribution in [0.2, 0.25) is 0 Å². The maximum absolute atomic E-state index is 13.1. The summed E-state index contributed by atoms with van der Waals surface area (Å²) < 4.78 is 47.4. The fraction of sp³-hybridized carbons (Fsp3) is 0.406. The fourth-order valence-electron chi connectivity index (χ4n) is 5.59. The van der Waals surface area contributed by atoms with E-state index in [0.717, 1.165) is 50.0 Å². The first-order valence-corrected chi connectivity index (χ1v) is 17.9. The maximum Gasteiger partial charge on any atom is 0.227 e. The minimum atomic E-state index is -3.28. The molecule has 2 unspecified atom stereocenters. The molecule has 41 heavy (non-hydrogen) atoms. The maximum atomic E-state index is 13.1. The number of amides is 1. The molecule has 1 aliphatic heterocycles. The molecule has 1 fully saturated rings. The van der Waals surface area contributed by atoms with Crippen molar-refractivity contribution in [1.82, 2.24) is 10.2 Å². The third kappa shape index (κ3) is 8.27. The molecule has 2 atom stereocenters. The molecular weight excluding hydrogens is 556 g/mol. The molecule has 0 aromatic heterocycles. The number of nitrogens with zero attached hydrogens (tertiary/aromatic N) is 1. The first kappa shape index (κ1) is 30.9. The average molecular weight is 597 g/mol. The summed E-state index contributed by atoms with van der Waals surface area (Å²) in [6, 6.07) is 24.3. The van der Waals surface area contributed by atoms with Crippen LogP contribution in [0.15, 0.2) is 88.7 Å². The van der Waals surface area contributed by atoms with Gasteiger partial charge in [0.2, 0.25) is 5.91 Å². The molecule has 4 rings (SSSR count). The molecular formula is C32H40N2O5S2. The van der Waals surface area contributed by atoms with Gasteiger partial charge in [0.25, 0.3) is 0 Å². The van der Waals surface area contributed by atoms with Crippen LogP contribution >= 0.6 is 0 Å². The van der Waals surface area contributed by atoms with Crippen molar-refractivity contribution in [2.45, 2.75) is 60.3 Å². The van der Waals surface area contributed by atoms with Crippen LogP contribution in [0, 0.1) is 0 Å². The van der Waals surface area contributed by atoms with E-state index in [2.05, 4.69) is 22.3 Å². The van der Waals surface area contributed by atoms with Gasteiger partial charge in [0.15, 0.2) is 19.7 Å². The van der Waals surface area contributed by atoms with E-state index in [1.54, 1.807) is 36.4 Å². The van der Waals surface area contributed by atoms with E-state index < -0.39 is 19.7 Å². The Labute approximate surface area is 244 Å². The van der Waals surface area contributed by atoms with Gasteiger partial charge < -0.3 is 10.2 Å². The van der Waals surface area contributed by atoms with Crippen molar-refractivity contribution in [2.24, 2.45) is 0 Å². The number of benzene rings is 3. The molecule has 1 aliphatic rings. The van der Waals surface area contributed by atoms with Crippen LogP contribution in [0.1, 0.15) is 61.1 Å². The summed E-state index contributed by atoms with van der Waals surface area (Å²) in [5.74, 6) is -0.177. The molecule has 1 amide bonds. The van der Waals surface area contributed by atoms with Crippen molar-refractivity contribution in [1.29, 1.82) is 0 Å². The van der Waals surface area contributed by atoms with Crippen molar-refractivity contribution in [2.75, 3.05) is 32.1 Å². The number of sulfone groups is 2. The Morgan fingerprint density at radius 1 is 0.780 bits per heavy atom. The standard InChI is InChI=1S/C32H40N2O5S2/c1-4-30(25-10-14-28(15-11-25)40(2,36)37)32(35)33-27-18-21-34(22-19-27)23-20-31(24-8-6-5-7-9-24)26-12-16-29(17-13-26)41(3,38)39/h5-17,27,30-31H,4,18-23H2,1-3H3,(H,33,35). The number of carbonyl (C=O) groups excluding carboxylic acids is 1. The summed E-state index contributed by atoms with van der Waals surface area (Å²) >= 11 is 0. The summed E-state index contributed by atoms with van der Waals surface area (Å²) in [5.41, 5.74) is 3.13. The van der Waals surface area contributed by atoms with Crippen LogP contribution in [-0.2, 0) is 24.5 Å². The van der Waals surface area contributed by atoms with E-state index in [-0.39, 0.29) is 28.7 Å². The number of carbonyl (C=O) groups is 1. The van der Waals surface area contributed by atoms with Crippen molar-refractivity contribution in [3.8, 4) is 0 Å². The Morgan fingerprint density at radius 3 is 1.76 bits per heavy atom. The highest BCUT2D eigenvalue weighted by Gasteiger charge is 2.26. The van der Waals surface area contributed by atoms with Crippen LogP contribution in [0.25, 0.3) is 0 Å². The van der Waals surface area contributed by atoms with E-state index in [4.69, 9.17) is 0 Å². The number of likely N-dealkylation sites (tertiary alicyclic amines) is 1. The van der Waals surface area contributed by atoms with Gasteiger partial charge in [-0.3, -0.25) is 4.79 Å². The van der Waals surface area contributed by atoms with Crippen LogP contribution in [0.4, 0.5) is 0 Å². The Morgan fingerprint density at radius 2 is 1.27 bits per heavy atom. The van der Waals surface area contributed by atoms with Crippen molar-refractivity contribution >= 4 is 25.6 Å². The molecule has 0 spiro atoms. The summed E-state index contributed by atoms with van der Waals surface area (Å²) in [7, 11) is -6.52. The van der Waals surface area contributed by atoms with Crippen molar-refractivity contribution in [3.05, 3.63) is 95.6 Å². The zero-order valence-corrected chi connectivity index (χ0v) is 25.6. The lowest BCUT2D eigenvalue weighted by Crippen LogP contribution is -2.46. The number of hydrogen-bond donors (Lipinski definition) is 1. The van der Waals surface area contributed by atoms with Gasteiger partial charge in [-0.25, -0.2) is 16.8 Å². The van der Waals surface area contributed by atoms with E-state index >= 15 is 0 Å². The summed E-state index contributed by atoms with van der Waals surface area (Å²) in [6.45, 7) is 4.65. The zero-order valence-electron chi connectivity index (χ0n) is 24.0. The second-order valence-electron chi connectivity index (χ2n) is 11.0. The number of nitrogens with one attached hydrogen (secondary N) is 1. The first-order valence-electron chi connectivity index (χ1n) is 14.1. The normalized spacial score (nSPS) is 16.7. The van der Waals surface area contributed by atoms with Crippen LogP contribution in [0.5, 0.6) is 0 Å². The number of rotatable bonds is 11. The molecule has 0 radical (unpaired) electrons. The Balaban J connectivity index is 1.33. The first-order chi connectivity index (χ1) is 19.5.